The topological polar surface area (TPSA) is 93.2 Å². The van der Waals surface area contributed by atoms with E-state index in [1.165, 1.54) is 6.33 Å². The molecule has 3 heterocycles. The number of aromatic amines is 1. The van der Waals surface area contributed by atoms with Crippen LogP contribution < -0.4 is 9.64 Å². The predicted molar refractivity (Wildman–Crippen MR) is 114 cm³/mol. The smallest absolute Gasteiger partial charge is 0.338 e. The summed E-state index contributed by atoms with van der Waals surface area (Å²) in [4.78, 5) is 30.2. The van der Waals surface area contributed by atoms with E-state index in [-0.39, 0.29) is 5.97 Å². The highest BCUT2D eigenvalue weighted by Crippen LogP contribution is 2.31. The van der Waals surface area contributed by atoms with Crippen molar-refractivity contribution < 1.29 is 14.3 Å². The van der Waals surface area contributed by atoms with Crippen molar-refractivity contribution in [2.24, 2.45) is 0 Å². The van der Waals surface area contributed by atoms with Gasteiger partial charge in [-0.15, -0.1) is 0 Å². The van der Waals surface area contributed by atoms with Crippen molar-refractivity contribution in [3.63, 3.8) is 0 Å². The molecule has 4 aromatic rings. The van der Waals surface area contributed by atoms with Gasteiger partial charge in [0.2, 0.25) is 5.88 Å². The van der Waals surface area contributed by atoms with Gasteiger partial charge in [0.1, 0.15) is 17.8 Å². The second-order valence-electron chi connectivity index (χ2n) is 6.56. The maximum absolute atomic E-state index is 11.9. The van der Waals surface area contributed by atoms with Crippen LogP contribution in [0.1, 0.15) is 17.3 Å². The Morgan fingerprint density at radius 2 is 1.90 bits per heavy atom. The van der Waals surface area contributed by atoms with E-state index < -0.39 is 0 Å². The molecule has 0 spiro atoms. The fourth-order valence-corrected chi connectivity index (χ4v) is 3.16. The van der Waals surface area contributed by atoms with Crippen molar-refractivity contribution in [1.29, 1.82) is 0 Å². The van der Waals surface area contributed by atoms with Crippen LogP contribution in [0.5, 0.6) is 5.88 Å². The number of carbonyl (C=O) groups is 1. The molecule has 0 unspecified atom stereocenters. The standard InChI is InChI=1S/C22H21N5O3/c1-4-30-22(28)15-7-5-14(6-8-15)18-11-17-20(26-18)24-13-25-21(17)27(2)16-9-10-19(29-3)23-12-16/h5-13H,4H2,1-3H3,(H,24,25,26). The molecule has 30 heavy (non-hydrogen) atoms. The molecule has 8 heteroatoms. The van der Waals surface area contributed by atoms with Crippen LogP contribution in [0.3, 0.4) is 0 Å². The van der Waals surface area contributed by atoms with Gasteiger partial charge >= 0.3 is 5.97 Å². The minimum atomic E-state index is -0.330. The van der Waals surface area contributed by atoms with Gasteiger partial charge < -0.3 is 19.4 Å². The molecule has 0 saturated carbocycles. The zero-order valence-corrected chi connectivity index (χ0v) is 16.9. The predicted octanol–water partition coefficient (Wildman–Crippen LogP) is 3.97. The van der Waals surface area contributed by atoms with Gasteiger partial charge in [-0.2, -0.15) is 0 Å². The maximum atomic E-state index is 11.9. The third-order valence-electron chi connectivity index (χ3n) is 4.75. The number of ether oxygens (including phenoxy) is 2. The largest absolute Gasteiger partial charge is 0.481 e. The van der Waals surface area contributed by atoms with E-state index in [0.717, 1.165) is 33.8 Å². The Morgan fingerprint density at radius 1 is 1.10 bits per heavy atom. The van der Waals surface area contributed by atoms with Crippen molar-refractivity contribution in [3.05, 3.63) is 60.6 Å². The van der Waals surface area contributed by atoms with Gasteiger partial charge in [-0.1, -0.05) is 12.1 Å². The summed E-state index contributed by atoms with van der Waals surface area (Å²) >= 11 is 0. The van der Waals surface area contributed by atoms with Gasteiger partial charge in [-0.25, -0.2) is 19.7 Å². The number of anilines is 2. The molecule has 0 aliphatic carbocycles. The average Bonchev–Trinajstić information content (AvgIpc) is 3.23. The van der Waals surface area contributed by atoms with Gasteiger partial charge in [-0.05, 0) is 36.8 Å². The van der Waals surface area contributed by atoms with Crippen LogP contribution in [0.4, 0.5) is 11.5 Å². The quantitative estimate of drug-likeness (QED) is 0.487. The number of aromatic nitrogens is 4. The summed E-state index contributed by atoms with van der Waals surface area (Å²) < 4.78 is 10.2. The number of pyridine rings is 1. The molecular formula is C22H21N5O3. The Labute approximate surface area is 173 Å². The number of hydrogen-bond acceptors (Lipinski definition) is 7. The van der Waals surface area contributed by atoms with Crippen LogP contribution in [-0.2, 0) is 4.74 Å². The summed E-state index contributed by atoms with van der Waals surface area (Å²) in [7, 11) is 3.51. The number of methoxy groups -OCH3 is 1. The third-order valence-corrected chi connectivity index (χ3v) is 4.75. The van der Waals surface area contributed by atoms with E-state index in [1.807, 2.05) is 36.2 Å². The fraction of sp³-hybridized carbons (Fsp3) is 0.182. The normalized spacial score (nSPS) is 10.8. The molecule has 0 bridgehead atoms. The van der Waals surface area contributed by atoms with Crippen LogP contribution in [0.25, 0.3) is 22.3 Å². The summed E-state index contributed by atoms with van der Waals surface area (Å²) in [5.41, 5.74) is 3.92. The molecule has 1 N–H and O–H groups in total. The zero-order valence-electron chi connectivity index (χ0n) is 16.9. The van der Waals surface area contributed by atoms with Crippen LogP contribution >= 0.6 is 0 Å². The van der Waals surface area contributed by atoms with Gasteiger partial charge in [0, 0.05) is 18.8 Å². The van der Waals surface area contributed by atoms with Crippen LogP contribution in [0.2, 0.25) is 0 Å². The number of benzene rings is 1. The SMILES string of the molecule is CCOC(=O)c1ccc(-c2cc3c(N(C)c4ccc(OC)nc4)ncnc3[nH]2)cc1. The molecule has 1 aromatic carbocycles. The number of fused-ring (bicyclic) bond motifs is 1. The molecule has 0 aliphatic heterocycles. The second kappa shape index (κ2) is 8.20. The second-order valence-corrected chi connectivity index (χ2v) is 6.56. The Morgan fingerprint density at radius 3 is 2.57 bits per heavy atom. The maximum Gasteiger partial charge on any atom is 0.338 e. The summed E-state index contributed by atoms with van der Waals surface area (Å²) in [6.45, 7) is 2.13. The summed E-state index contributed by atoms with van der Waals surface area (Å²) in [6, 6.07) is 13.0. The molecule has 0 amide bonds. The molecule has 3 aromatic heterocycles. The van der Waals surface area contributed by atoms with E-state index in [4.69, 9.17) is 9.47 Å². The lowest BCUT2D eigenvalue weighted by molar-refractivity contribution is 0.0526. The van der Waals surface area contributed by atoms with Crippen LogP contribution in [-0.4, -0.2) is 46.7 Å². The first-order valence-corrected chi connectivity index (χ1v) is 9.45. The number of hydrogen-bond donors (Lipinski definition) is 1. The third kappa shape index (κ3) is 3.67. The first-order valence-electron chi connectivity index (χ1n) is 9.45. The lowest BCUT2D eigenvalue weighted by atomic mass is 10.1. The van der Waals surface area contributed by atoms with Crippen molar-refractivity contribution in [1.82, 2.24) is 19.9 Å². The van der Waals surface area contributed by atoms with Crippen LogP contribution in [0, 0.1) is 0 Å². The number of esters is 1. The first-order chi connectivity index (χ1) is 14.6. The van der Waals surface area contributed by atoms with E-state index in [0.29, 0.717) is 18.1 Å². The average molecular weight is 403 g/mol. The summed E-state index contributed by atoms with van der Waals surface area (Å²) in [6.07, 6.45) is 3.25. The van der Waals surface area contributed by atoms with Gasteiger partial charge in [-0.3, -0.25) is 0 Å². The number of H-pyrrole nitrogens is 1. The molecule has 152 valence electrons. The molecule has 0 atom stereocenters. The molecule has 0 radical (unpaired) electrons. The number of carbonyl (C=O) groups excluding carboxylic acids is 1. The highest BCUT2D eigenvalue weighted by Gasteiger charge is 2.15. The molecule has 0 saturated heterocycles. The monoisotopic (exact) mass is 403 g/mol. The Kier molecular flexibility index (Phi) is 5.30. The molecule has 8 nitrogen and oxygen atoms in total. The molecule has 4 rings (SSSR count). The highest BCUT2D eigenvalue weighted by molar-refractivity contribution is 5.94. The van der Waals surface area contributed by atoms with Crippen molar-refractivity contribution in [2.75, 3.05) is 25.7 Å². The van der Waals surface area contributed by atoms with Crippen LogP contribution in [0.15, 0.2) is 55.0 Å². The van der Waals surface area contributed by atoms with E-state index in [9.17, 15) is 4.79 Å². The summed E-state index contributed by atoms with van der Waals surface area (Å²) in [5.74, 6) is 0.969. The highest BCUT2D eigenvalue weighted by atomic mass is 16.5. The molecule has 0 fully saturated rings. The lowest BCUT2D eigenvalue weighted by Crippen LogP contribution is -2.12. The fourth-order valence-electron chi connectivity index (χ4n) is 3.16. The number of nitrogens with one attached hydrogen (secondary N) is 1. The number of nitrogens with zero attached hydrogens (tertiary/aromatic N) is 4. The first kappa shape index (κ1) is 19.4. The van der Waals surface area contributed by atoms with Gasteiger partial charge in [0.05, 0.1) is 36.6 Å². The number of rotatable bonds is 6. The molecule has 0 aliphatic rings. The van der Waals surface area contributed by atoms with E-state index in [1.54, 1.807) is 38.4 Å². The van der Waals surface area contributed by atoms with Gasteiger partial charge in [0.25, 0.3) is 0 Å². The van der Waals surface area contributed by atoms with E-state index in [2.05, 4.69) is 19.9 Å². The summed E-state index contributed by atoms with van der Waals surface area (Å²) in [5, 5.41) is 0.875. The Bertz CT molecular complexity index is 1170. The van der Waals surface area contributed by atoms with Crippen molar-refractivity contribution >= 4 is 28.5 Å². The van der Waals surface area contributed by atoms with Gasteiger partial charge in [0.15, 0.2) is 0 Å². The van der Waals surface area contributed by atoms with Crippen molar-refractivity contribution in [3.8, 4) is 17.1 Å². The Hall–Kier alpha value is -3.94. The molecular weight excluding hydrogens is 382 g/mol. The minimum Gasteiger partial charge on any atom is -0.481 e. The van der Waals surface area contributed by atoms with E-state index >= 15 is 0 Å². The Balaban J connectivity index is 1.67. The zero-order chi connectivity index (χ0) is 21.1. The lowest BCUT2D eigenvalue weighted by Gasteiger charge is -2.18. The van der Waals surface area contributed by atoms with Crippen molar-refractivity contribution in [2.45, 2.75) is 6.92 Å². The minimum absolute atomic E-state index is 0.330.